The molecular formula is C8H12N2O2S. The number of nitrogens with one attached hydrogen (secondary N) is 1. The molecule has 0 saturated heterocycles. The van der Waals surface area contributed by atoms with Crippen molar-refractivity contribution in [3.05, 3.63) is 11.3 Å². The Morgan fingerprint density at radius 3 is 2.85 bits per heavy atom. The van der Waals surface area contributed by atoms with E-state index in [1.54, 1.807) is 6.92 Å². The van der Waals surface area contributed by atoms with Crippen LogP contribution in [0.2, 0.25) is 0 Å². The number of hydrogen-bond donors (Lipinski definition) is 2. The molecule has 5 heteroatoms. The molecular weight excluding hydrogens is 188 g/mol. The molecule has 0 radical (unpaired) electrons. The number of ether oxygens (including phenoxy) is 1. The maximum absolute atomic E-state index is 11.4. The third-order valence-corrected chi connectivity index (χ3v) is 1.96. The van der Waals surface area contributed by atoms with Crippen LogP contribution in [0.25, 0.3) is 0 Å². The highest BCUT2D eigenvalue weighted by Crippen LogP contribution is 2.16. The zero-order valence-electron chi connectivity index (χ0n) is 7.63. The summed E-state index contributed by atoms with van der Waals surface area (Å²) in [5.74, 6) is -0.363. The van der Waals surface area contributed by atoms with Crippen molar-refractivity contribution in [3.8, 4) is 0 Å². The number of carbonyl (C=O) groups excluding carboxylic acids is 1. The molecule has 1 N–H and O–H groups in total. The molecule has 72 valence electrons. The predicted octanol–water partition coefficient (Wildman–Crippen LogP) is 1.44. The van der Waals surface area contributed by atoms with Crippen LogP contribution in [0.4, 0.5) is 0 Å². The van der Waals surface area contributed by atoms with Gasteiger partial charge in [0.2, 0.25) is 0 Å². The van der Waals surface area contributed by atoms with Crippen molar-refractivity contribution in [2.45, 2.75) is 25.3 Å². The largest absolute Gasteiger partial charge is 0.462 e. The number of aryl methyl sites for hydroxylation is 1. The van der Waals surface area contributed by atoms with E-state index in [1.807, 2.05) is 6.92 Å². The van der Waals surface area contributed by atoms with E-state index in [9.17, 15) is 4.79 Å². The topological polar surface area (TPSA) is 55.0 Å². The number of nitrogens with zero attached hydrogens (tertiary/aromatic N) is 1. The first-order valence-corrected chi connectivity index (χ1v) is 4.58. The Kier molecular flexibility index (Phi) is 3.36. The molecule has 0 aliphatic rings. The van der Waals surface area contributed by atoms with Crippen LogP contribution in [0.1, 0.15) is 29.9 Å². The molecule has 1 heterocycles. The van der Waals surface area contributed by atoms with Crippen molar-refractivity contribution in [2.75, 3.05) is 6.61 Å². The predicted molar refractivity (Wildman–Crippen MR) is 51.2 cm³/mol. The number of rotatable bonds is 3. The normalized spacial score (nSPS) is 10.1. The van der Waals surface area contributed by atoms with Crippen LogP contribution in [0.3, 0.4) is 0 Å². The highest BCUT2D eigenvalue weighted by atomic mass is 32.1. The maximum Gasteiger partial charge on any atom is 0.342 e. The lowest BCUT2D eigenvalue weighted by atomic mass is 10.2. The minimum atomic E-state index is -0.363. The minimum absolute atomic E-state index is 0.361. The first kappa shape index (κ1) is 10.1. The number of esters is 1. The average molecular weight is 200 g/mol. The van der Waals surface area contributed by atoms with Crippen molar-refractivity contribution in [1.29, 1.82) is 0 Å². The summed E-state index contributed by atoms with van der Waals surface area (Å²) in [5, 5.41) is 7.04. The van der Waals surface area contributed by atoms with Crippen molar-refractivity contribution in [3.63, 3.8) is 0 Å². The van der Waals surface area contributed by atoms with Gasteiger partial charge in [-0.05, 0) is 13.3 Å². The maximum atomic E-state index is 11.4. The van der Waals surface area contributed by atoms with E-state index >= 15 is 0 Å². The Balaban J connectivity index is 2.96. The fraction of sp³-hybridized carbons (Fsp3) is 0.500. The molecule has 0 saturated carbocycles. The summed E-state index contributed by atoms with van der Waals surface area (Å²) in [7, 11) is 0. The SMILES string of the molecule is CCOC(=O)c1c(CC)n[nH]c1S. The molecule has 0 amide bonds. The third kappa shape index (κ3) is 2.03. The Bertz CT molecular complexity index is 309. The first-order chi connectivity index (χ1) is 6.20. The Labute approximate surface area is 82.1 Å². The summed E-state index contributed by atoms with van der Waals surface area (Å²) in [5.41, 5.74) is 1.15. The van der Waals surface area contributed by atoms with Crippen LogP contribution in [-0.4, -0.2) is 22.8 Å². The number of H-pyrrole nitrogens is 1. The molecule has 0 fully saturated rings. The number of hydrogen-bond acceptors (Lipinski definition) is 4. The molecule has 1 aromatic heterocycles. The molecule has 0 bridgehead atoms. The van der Waals surface area contributed by atoms with E-state index < -0.39 is 0 Å². The molecule has 0 unspecified atom stereocenters. The quantitative estimate of drug-likeness (QED) is 0.573. The van der Waals surface area contributed by atoms with Crippen molar-refractivity contribution >= 4 is 18.6 Å². The summed E-state index contributed by atoms with van der Waals surface area (Å²) in [4.78, 5) is 11.4. The van der Waals surface area contributed by atoms with E-state index in [-0.39, 0.29) is 5.97 Å². The molecule has 1 aromatic rings. The van der Waals surface area contributed by atoms with Gasteiger partial charge >= 0.3 is 5.97 Å². The standard InChI is InChI=1S/C8H12N2O2S/c1-3-5-6(7(13)10-9-5)8(11)12-4-2/h3-4H2,1-2H3,(H2,9,10,13). The summed E-state index contributed by atoms with van der Waals surface area (Å²) >= 11 is 4.09. The van der Waals surface area contributed by atoms with Gasteiger partial charge in [-0.2, -0.15) is 5.10 Å². The van der Waals surface area contributed by atoms with Crippen LogP contribution in [0.5, 0.6) is 0 Å². The molecule has 0 aromatic carbocycles. The lowest BCUT2D eigenvalue weighted by molar-refractivity contribution is 0.0521. The van der Waals surface area contributed by atoms with E-state index in [0.717, 1.165) is 0 Å². The van der Waals surface area contributed by atoms with Crippen molar-refractivity contribution in [2.24, 2.45) is 0 Å². The van der Waals surface area contributed by atoms with Gasteiger partial charge in [-0.1, -0.05) is 6.92 Å². The zero-order chi connectivity index (χ0) is 9.84. The van der Waals surface area contributed by atoms with E-state index in [0.29, 0.717) is 29.3 Å². The Hall–Kier alpha value is -0.970. The van der Waals surface area contributed by atoms with Gasteiger partial charge in [-0.3, -0.25) is 5.10 Å². The molecule has 0 aliphatic heterocycles. The van der Waals surface area contributed by atoms with E-state index in [1.165, 1.54) is 0 Å². The van der Waals surface area contributed by atoms with E-state index in [2.05, 4.69) is 22.8 Å². The van der Waals surface area contributed by atoms with Gasteiger partial charge < -0.3 is 4.74 Å². The van der Waals surface area contributed by atoms with Crippen LogP contribution >= 0.6 is 12.6 Å². The van der Waals surface area contributed by atoms with Crippen LogP contribution in [0.15, 0.2) is 5.03 Å². The zero-order valence-corrected chi connectivity index (χ0v) is 8.52. The number of aromatic nitrogens is 2. The second kappa shape index (κ2) is 4.32. The molecule has 1 rings (SSSR count). The third-order valence-electron chi connectivity index (χ3n) is 1.64. The summed E-state index contributed by atoms with van der Waals surface area (Å²) in [6, 6.07) is 0. The molecule has 0 aliphatic carbocycles. The van der Waals surface area contributed by atoms with Gasteiger partial charge in [0.1, 0.15) is 10.6 Å². The number of carbonyl (C=O) groups is 1. The van der Waals surface area contributed by atoms with Crippen LogP contribution in [0, 0.1) is 0 Å². The van der Waals surface area contributed by atoms with Gasteiger partial charge in [0, 0.05) is 0 Å². The van der Waals surface area contributed by atoms with Crippen molar-refractivity contribution in [1.82, 2.24) is 10.2 Å². The van der Waals surface area contributed by atoms with Gasteiger partial charge in [-0.15, -0.1) is 12.6 Å². The molecule has 4 nitrogen and oxygen atoms in total. The molecule has 0 atom stereocenters. The lowest BCUT2D eigenvalue weighted by Crippen LogP contribution is -2.07. The second-order valence-corrected chi connectivity index (χ2v) is 2.92. The fourth-order valence-electron chi connectivity index (χ4n) is 1.04. The van der Waals surface area contributed by atoms with Crippen molar-refractivity contribution < 1.29 is 9.53 Å². The smallest absolute Gasteiger partial charge is 0.342 e. The van der Waals surface area contributed by atoms with Gasteiger partial charge in [0.05, 0.1) is 12.3 Å². The van der Waals surface area contributed by atoms with E-state index in [4.69, 9.17) is 4.74 Å². The monoisotopic (exact) mass is 200 g/mol. The highest BCUT2D eigenvalue weighted by Gasteiger charge is 2.18. The average Bonchev–Trinajstić information content (AvgIpc) is 2.47. The summed E-state index contributed by atoms with van der Waals surface area (Å²) in [6.45, 7) is 4.05. The van der Waals surface area contributed by atoms with Gasteiger partial charge in [-0.25, -0.2) is 4.79 Å². The molecule has 0 spiro atoms. The summed E-state index contributed by atoms with van der Waals surface area (Å²) in [6.07, 6.45) is 0.686. The minimum Gasteiger partial charge on any atom is -0.462 e. The molecule has 13 heavy (non-hydrogen) atoms. The number of thiol groups is 1. The van der Waals surface area contributed by atoms with Gasteiger partial charge in [0.15, 0.2) is 0 Å². The van der Waals surface area contributed by atoms with Crippen LogP contribution < -0.4 is 0 Å². The fourth-order valence-corrected chi connectivity index (χ4v) is 1.31. The number of aromatic amines is 1. The van der Waals surface area contributed by atoms with Gasteiger partial charge in [0.25, 0.3) is 0 Å². The lowest BCUT2D eigenvalue weighted by Gasteiger charge is -2.00. The van der Waals surface area contributed by atoms with Crippen LogP contribution in [-0.2, 0) is 11.2 Å². The second-order valence-electron chi connectivity index (χ2n) is 2.47. The Morgan fingerprint density at radius 2 is 2.31 bits per heavy atom. The highest BCUT2D eigenvalue weighted by molar-refractivity contribution is 7.80. The first-order valence-electron chi connectivity index (χ1n) is 4.14. The summed E-state index contributed by atoms with van der Waals surface area (Å²) < 4.78 is 4.86. The Morgan fingerprint density at radius 1 is 1.62 bits per heavy atom.